The molecule has 0 unspecified atom stereocenters. The van der Waals surface area contributed by atoms with Crippen LogP contribution in [0, 0.1) is 5.41 Å². The molecule has 0 aromatic carbocycles. The summed E-state index contributed by atoms with van der Waals surface area (Å²) in [6.07, 6.45) is -0.0729. The van der Waals surface area contributed by atoms with Gasteiger partial charge in [-0.1, -0.05) is 15.9 Å². The zero-order chi connectivity index (χ0) is 9.24. The molecule has 1 aliphatic rings. The van der Waals surface area contributed by atoms with Gasteiger partial charge in [0.25, 0.3) is 0 Å². The molecule has 0 aromatic rings. The van der Waals surface area contributed by atoms with Crippen molar-refractivity contribution in [2.45, 2.75) is 25.7 Å². The quantitative estimate of drug-likeness (QED) is 0.690. The van der Waals surface area contributed by atoms with Crippen molar-refractivity contribution in [3.8, 4) is 0 Å². The van der Waals surface area contributed by atoms with Crippen LogP contribution >= 0.6 is 15.9 Å². The molecule has 0 spiro atoms. The molecule has 0 heterocycles. The number of alkyl halides is 3. The van der Waals surface area contributed by atoms with E-state index in [9.17, 15) is 8.78 Å². The number of hydrogen-bond acceptors (Lipinski definition) is 1. The second-order valence-corrected chi connectivity index (χ2v) is 4.04. The first kappa shape index (κ1) is 10.4. The number of ether oxygens (including phenoxy) is 1. The van der Waals surface area contributed by atoms with E-state index in [1.54, 1.807) is 0 Å². The van der Waals surface area contributed by atoms with Crippen LogP contribution in [0.3, 0.4) is 0 Å². The van der Waals surface area contributed by atoms with Gasteiger partial charge in [0.2, 0.25) is 5.92 Å². The lowest BCUT2D eigenvalue weighted by Crippen LogP contribution is -2.50. The van der Waals surface area contributed by atoms with Crippen molar-refractivity contribution >= 4 is 15.9 Å². The van der Waals surface area contributed by atoms with Gasteiger partial charge in [-0.3, -0.25) is 0 Å². The van der Waals surface area contributed by atoms with Crippen LogP contribution in [0.2, 0.25) is 0 Å². The Morgan fingerprint density at radius 3 is 2.33 bits per heavy atom. The molecule has 0 aromatic heterocycles. The largest absolute Gasteiger partial charge is 0.381 e. The molecule has 1 aliphatic carbocycles. The molecule has 0 aliphatic heterocycles. The Bertz CT molecular complexity index is 153. The van der Waals surface area contributed by atoms with Crippen molar-refractivity contribution in [3.05, 3.63) is 0 Å². The molecule has 0 N–H and O–H groups in total. The van der Waals surface area contributed by atoms with Gasteiger partial charge in [-0.2, -0.15) is 0 Å². The van der Waals surface area contributed by atoms with E-state index >= 15 is 0 Å². The first-order chi connectivity index (χ1) is 5.54. The fourth-order valence-electron chi connectivity index (χ4n) is 1.60. The highest BCUT2D eigenvalue weighted by atomic mass is 79.9. The molecule has 0 radical (unpaired) electrons. The Labute approximate surface area is 79.6 Å². The van der Waals surface area contributed by atoms with E-state index in [1.165, 1.54) is 0 Å². The van der Waals surface area contributed by atoms with Crippen LogP contribution in [-0.2, 0) is 4.74 Å². The van der Waals surface area contributed by atoms with Crippen molar-refractivity contribution in [2.75, 3.05) is 18.5 Å². The standard InChI is InChI=1S/C8H13BrF2O/c1-2-12-6-7(5-9)3-8(10,11)4-7/h2-6H2,1H3. The highest BCUT2D eigenvalue weighted by Gasteiger charge is 2.55. The summed E-state index contributed by atoms with van der Waals surface area (Å²) in [5.41, 5.74) is -0.306. The third kappa shape index (κ3) is 2.16. The molecule has 12 heavy (non-hydrogen) atoms. The lowest BCUT2D eigenvalue weighted by atomic mass is 9.68. The van der Waals surface area contributed by atoms with E-state index < -0.39 is 5.92 Å². The molecular formula is C8H13BrF2O. The lowest BCUT2D eigenvalue weighted by Gasteiger charge is -2.46. The minimum Gasteiger partial charge on any atom is -0.381 e. The van der Waals surface area contributed by atoms with Crippen molar-refractivity contribution in [1.29, 1.82) is 0 Å². The lowest BCUT2D eigenvalue weighted by molar-refractivity contribution is -0.171. The van der Waals surface area contributed by atoms with E-state index in [2.05, 4.69) is 15.9 Å². The van der Waals surface area contributed by atoms with Crippen LogP contribution in [0.25, 0.3) is 0 Å². The molecule has 72 valence electrons. The fraction of sp³-hybridized carbons (Fsp3) is 1.00. The Balaban J connectivity index is 2.36. The molecule has 0 atom stereocenters. The fourth-order valence-corrected chi connectivity index (χ4v) is 2.16. The summed E-state index contributed by atoms with van der Waals surface area (Å²) < 4.78 is 30.3. The van der Waals surface area contributed by atoms with Crippen LogP contribution in [0.5, 0.6) is 0 Å². The summed E-state index contributed by atoms with van der Waals surface area (Å²) in [5, 5.41) is 0.607. The van der Waals surface area contributed by atoms with Gasteiger partial charge in [-0.25, -0.2) is 8.78 Å². The first-order valence-corrected chi connectivity index (χ1v) is 5.17. The average molecular weight is 243 g/mol. The Hall–Kier alpha value is 0.300. The molecule has 0 amide bonds. The van der Waals surface area contributed by atoms with Crippen LogP contribution in [0.1, 0.15) is 19.8 Å². The SMILES string of the molecule is CCOCC1(CBr)CC(F)(F)C1. The number of hydrogen-bond donors (Lipinski definition) is 0. The zero-order valence-corrected chi connectivity index (χ0v) is 8.66. The average Bonchev–Trinajstić information content (AvgIpc) is 1.96. The van der Waals surface area contributed by atoms with Crippen molar-refractivity contribution in [1.82, 2.24) is 0 Å². The van der Waals surface area contributed by atoms with E-state index in [0.717, 1.165) is 0 Å². The minimum atomic E-state index is -2.45. The summed E-state index contributed by atoms with van der Waals surface area (Å²) in [7, 11) is 0. The van der Waals surface area contributed by atoms with Crippen LogP contribution in [0.15, 0.2) is 0 Å². The predicted molar refractivity (Wildman–Crippen MR) is 46.9 cm³/mol. The van der Waals surface area contributed by atoms with Crippen molar-refractivity contribution in [3.63, 3.8) is 0 Å². The summed E-state index contributed by atoms with van der Waals surface area (Å²) in [6, 6.07) is 0. The molecule has 1 saturated carbocycles. The predicted octanol–water partition coefficient (Wildman–Crippen LogP) is 2.83. The molecule has 1 fully saturated rings. The second-order valence-electron chi connectivity index (χ2n) is 3.48. The van der Waals surface area contributed by atoms with E-state index in [4.69, 9.17) is 4.74 Å². The summed E-state index contributed by atoms with van der Waals surface area (Å²) >= 11 is 3.25. The van der Waals surface area contributed by atoms with E-state index in [-0.39, 0.29) is 18.3 Å². The van der Waals surface area contributed by atoms with Gasteiger partial charge >= 0.3 is 0 Å². The normalized spacial score (nSPS) is 25.0. The smallest absolute Gasteiger partial charge is 0.249 e. The van der Waals surface area contributed by atoms with Gasteiger partial charge in [0.1, 0.15) is 0 Å². The molecule has 1 rings (SSSR count). The third-order valence-electron chi connectivity index (χ3n) is 2.16. The van der Waals surface area contributed by atoms with Gasteiger partial charge < -0.3 is 4.74 Å². The summed E-state index contributed by atoms with van der Waals surface area (Å²) in [4.78, 5) is 0. The summed E-state index contributed by atoms with van der Waals surface area (Å²) in [5.74, 6) is -2.45. The van der Waals surface area contributed by atoms with Gasteiger partial charge in [0, 0.05) is 30.2 Å². The number of rotatable bonds is 4. The van der Waals surface area contributed by atoms with Crippen LogP contribution in [0.4, 0.5) is 8.78 Å². The Morgan fingerprint density at radius 2 is 2.00 bits per heavy atom. The molecule has 4 heteroatoms. The maximum Gasteiger partial charge on any atom is 0.249 e. The topological polar surface area (TPSA) is 9.23 Å². The second kappa shape index (κ2) is 3.58. The molecule has 1 nitrogen and oxygen atoms in total. The van der Waals surface area contributed by atoms with Crippen molar-refractivity contribution in [2.24, 2.45) is 5.41 Å². The van der Waals surface area contributed by atoms with Gasteiger partial charge in [0.15, 0.2) is 0 Å². The maximum atomic E-state index is 12.6. The molecule has 0 bridgehead atoms. The Morgan fingerprint density at radius 1 is 1.42 bits per heavy atom. The van der Waals surface area contributed by atoms with Gasteiger partial charge in [0.05, 0.1) is 6.61 Å². The van der Waals surface area contributed by atoms with Gasteiger partial charge in [-0.05, 0) is 6.92 Å². The van der Waals surface area contributed by atoms with Crippen molar-refractivity contribution < 1.29 is 13.5 Å². The highest BCUT2D eigenvalue weighted by molar-refractivity contribution is 9.09. The summed E-state index contributed by atoms with van der Waals surface area (Å²) in [6.45, 7) is 2.92. The molecular weight excluding hydrogens is 230 g/mol. The molecule has 0 saturated heterocycles. The van der Waals surface area contributed by atoms with Crippen LogP contribution < -0.4 is 0 Å². The number of halogens is 3. The highest BCUT2D eigenvalue weighted by Crippen LogP contribution is 2.52. The van der Waals surface area contributed by atoms with E-state index in [0.29, 0.717) is 18.5 Å². The van der Waals surface area contributed by atoms with E-state index in [1.807, 2.05) is 6.92 Å². The first-order valence-electron chi connectivity index (χ1n) is 4.05. The Kier molecular flexibility index (Phi) is 3.10. The van der Waals surface area contributed by atoms with Gasteiger partial charge in [-0.15, -0.1) is 0 Å². The monoisotopic (exact) mass is 242 g/mol. The minimum absolute atomic E-state index is 0.0365. The van der Waals surface area contributed by atoms with Crippen LogP contribution in [-0.4, -0.2) is 24.5 Å². The maximum absolute atomic E-state index is 12.6. The third-order valence-corrected chi connectivity index (χ3v) is 3.35. The zero-order valence-electron chi connectivity index (χ0n) is 7.08.